The standard InChI is InChI=1S/C13H24O3S/c1-13(2)9-5-4-7-11(13)12(14)8-6-10-17(3,15)16/h11H,4-10H2,1-3H3. The Hall–Kier alpha value is -0.380. The third-order valence-electron chi connectivity index (χ3n) is 3.83. The van der Waals surface area contributed by atoms with Crippen LogP contribution in [0.5, 0.6) is 0 Å². The SMILES string of the molecule is CC1(C)CCCCC1C(=O)CCCS(C)(=O)=O. The molecule has 0 aliphatic heterocycles. The zero-order valence-corrected chi connectivity index (χ0v) is 12.0. The molecule has 1 saturated carbocycles. The van der Waals surface area contributed by atoms with Crippen LogP contribution in [0.25, 0.3) is 0 Å². The Morgan fingerprint density at radius 1 is 1.29 bits per heavy atom. The number of rotatable bonds is 5. The van der Waals surface area contributed by atoms with Gasteiger partial charge >= 0.3 is 0 Å². The number of Topliss-reactive ketones (excluding diaryl/α,β-unsaturated/α-hetero) is 1. The summed E-state index contributed by atoms with van der Waals surface area (Å²) in [6.45, 7) is 4.32. The fraction of sp³-hybridized carbons (Fsp3) is 0.923. The summed E-state index contributed by atoms with van der Waals surface area (Å²) in [7, 11) is -2.93. The molecule has 1 unspecified atom stereocenters. The van der Waals surface area contributed by atoms with Gasteiger partial charge in [-0.05, 0) is 24.7 Å². The van der Waals surface area contributed by atoms with Crippen LogP contribution in [0.15, 0.2) is 0 Å². The molecule has 1 aliphatic carbocycles. The van der Waals surface area contributed by atoms with Crippen molar-refractivity contribution in [2.24, 2.45) is 11.3 Å². The zero-order chi connectivity index (χ0) is 13.1. The summed E-state index contributed by atoms with van der Waals surface area (Å²) in [4.78, 5) is 12.1. The van der Waals surface area contributed by atoms with E-state index in [0.29, 0.717) is 12.8 Å². The lowest BCUT2D eigenvalue weighted by Crippen LogP contribution is -2.34. The second-order valence-corrected chi connectivity index (χ2v) is 8.25. The molecule has 3 nitrogen and oxygen atoms in total. The van der Waals surface area contributed by atoms with E-state index in [1.807, 2.05) is 0 Å². The van der Waals surface area contributed by atoms with Crippen molar-refractivity contribution >= 4 is 15.6 Å². The molecule has 0 spiro atoms. The third-order valence-corrected chi connectivity index (χ3v) is 4.86. The number of hydrogen-bond acceptors (Lipinski definition) is 3. The van der Waals surface area contributed by atoms with Crippen molar-refractivity contribution in [1.82, 2.24) is 0 Å². The van der Waals surface area contributed by atoms with E-state index in [4.69, 9.17) is 0 Å². The van der Waals surface area contributed by atoms with Gasteiger partial charge < -0.3 is 0 Å². The Balaban J connectivity index is 2.47. The van der Waals surface area contributed by atoms with Gasteiger partial charge in [-0.15, -0.1) is 0 Å². The Kier molecular flexibility index (Phi) is 4.76. The molecule has 1 atom stereocenters. The molecule has 0 saturated heterocycles. The van der Waals surface area contributed by atoms with E-state index < -0.39 is 9.84 Å². The Labute approximate surface area is 105 Å². The van der Waals surface area contributed by atoms with E-state index in [9.17, 15) is 13.2 Å². The first-order valence-corrected chi connectivity index (χ1v) is 8.49. The molecule has 0 bridgehead atoms. The normalized spacial score (nSPS) is 24.5. The molecular weight excluding hydrogens is 236 g/mol. The van der Waals surface area contributed by atoms with Crippen molar-refractivity contribution in [3.05, 3.63) is 0 Å². The average Bonchev–Trinajstić information content (AvgIpc) is 2.14. The van der Waals surface area contributed by atoms with Gasteiger partial charge in [0.2, 0.25) is 0 Å². The van der Waals surface area contributed by atoms with Crippen LogP contribution in [0.3, 0.4) is 0 Å². The van der Waals surface area contributed by atoms with Crippen LogP contribution in [0.2, 0.25) is 0 Å². The number of carbonyl (C=O) groups is 1. The molecule has 4 heteroatoms. The van der Waals surface area contributed by atoms with Crippen molar-refractivity contribution in [2.45, 2.75) is 52.4 Å². The first-order valence-electron chi connectivity index (χ1n) is 6.43. The molecule has 1 fully saturated rings. The minimum Gasteiger partial charge on any atom is -0.299 e. The highest BCUT2D eigenvalue weighted by atomic mass is 32.2. The van der Waals surface area contributed by atoms with Gasteiger partial charge in [-0.1, -0.05) is 26.7 Å². The maximum atomic E-state index is 12.1. The van der Waals surface area contributed by atoms with Gasteiger partial charge in [0, 0.05) is 18.6 Å². The average molecular weight is 260 g/mol. The maximum Gasteiger partial charge on any atom is 0.147 e. The molecule has 0 aromatic heterocycles. The van der Waals surface area contributed by atoms with Crippen LogP contribution >= 0.6 is 0 Å². The largest absolute Gasteiger partial charge is 0.299 e. The van der Waals surface area contributed by atoms with Crippen LogP contribution in [0.4, 0.5) is 0 Å². The minimum atomic E-state index is -2.93. The summed E-state index contributed by atoms with van der Waals surface area (Å²) in [5, 5.41) is 0. The minimum absolute atomic E-state index is 0.0976. The summed E-state index contributed by atoms with van der Waals surface area (Å²) in [5.74, 6) is 0.528. The number of ketones is 1. The summed E-state index contributed by atoms with van der Waals surface area (Å²) in [6, 6.07) is 0. The molecule has 0 N–H and O–H groups in total. The summed E-state index contributed by atoms with van der Waals surface area (Å²) in [6.07, 6.45) is 6.54. The number of hydrogen-bond donors (Lipinski definition) is 0. The van der Waals surface area contributed by atoms with E-state index in [1.165, 1.54) is 12.7 Å². The van der Waals surface area contributed by atoms with E-state index >= 15 is 0 Å². The van der Waals surface area contributed by atoms with Crippen LogP contribution in [-0.2, 0) is 14.6 Å². The smallest absolute Gasteiger partial charge is 0.147 e. The summed E-state index contributed by atoms with van der Waals surface area (Å²) < 4.78 is 22.0. The first-order chi connectivity index (χ1) is 7.72. The fourth-order valence-corrected chi connectivity index (χ4v) is 3.44. The first kappa shape index (κ1) is 14.7. The van der Waals surface area contributed by atoms with Gasteiger partial charge in [0.25, 0.3) is 0 Å². The van der Waals surface area contributed by atoms with E-state index in [-0.39, 0.29) is 22.9 Å². The van der Waals surface area contributed by atoms with Crippen molar-refractivity contribution in [2.75, 3.05) is 12.0 Å². The van der Waals surface area contributed by atoms with Crippen LogP contribution in [0.1, 0.15) is 52.4 Å². The lowest BCUT2D eigenvalue weighted by atomic mass is 9.66. The highest BCUT2D eigenvalue weighted by Gasteiger charge is 2.36. The predicted molar refractivity (Wildman–Crippen MR) is 69.7 cm³/mol. The molecule has 1 aliphatic rings. The third kappa shape index (κ3) is 4.78. The highest BCUT2D eigenvalue weighted by Crippen LogP contribution is 2.41. The van der Waals surface area contributed by atoms with Gasteiger partial charge in [-0.3, -0.25) is 4.79 Å². The van der Waals surface area contributed by atoms with Crippen molar-refractivity contribution < 1.29 is 13.2 Å². The van der Waals surface area contributed by atoms with Gasteiger partial charge in [0.05, 0.1) is 5.75 Å². The molecule has 0 radical (unpaired) electrons. The maximum absolute atomic E-state index is 12.1. The van der Waals surface area contributed by atoms with Crippen molar-refractivity contribution in [3.63, 3.8) is 0 Å². The van der Waals surface area contributed by atoms with Crippen LogP contribution < -0.4 is 0 Å². The lowest BCUT2D eigenvalue weighted by molar-refractivity contribution is -0.128. The van der Waals surface area contributed by atoms with Crippen molar-refractivity contribution in [3.8, 4) is 0 Å². The van der Waals surface area contributed by atoms with E-state index in [2.05, 4.69) is 13.8 Å². The Morgan fingerprint density at radius 2 is 1.94 bits per heavy atom. The van der Waals surface area contributed by atoms with Crippen molar-refractivity contribution in [1.29, 1.82) is 0 Å². The second-order valence-electron chi connectivity index (χ2n) is 5.99. The number of carbonyl (C=O) groups excluding carboxylic acids is 1. The molecule has 1 rings (SSSR count). The fourth-order valence-electron chi connectivity index (χ4n) is 2.77. The Morgan fingerprint density at radius 3 is 2.47 bits per heavy atom. The molecular formula is C13H24O3S. The molecule has 0 amide bonds. The molecule has 0 aromatic carbocycles. The predicted octanol–water partition coefficient (Wildman–Crippen LogP) is 2.60. The van der Waals surface area contributed by atoms with Crippen LogP contribution in [-0.4, -0.2) is 26.2 Å². The molecule has 17 heavy (non-hydrogen) atoms. The van der Waals surface area contributed by atoms with E-state index in [1.54, 1.807) is 0 Å². The highest BCUT2D eigenvalue weighted by molar-refractivity contribution is 7.90. The van der Waals surface area contributed by atoms with Crippen LogP contribution in [0, 0.1) is 11.3 Å². The summed E-state index contributed by atoms with van der Waals surface area (Å²) in [5.41, 5.74) is 0.0976. The zero-order valence-electron chi connectivity index (χ0n) is 11.2. The monoisotopic (exact) mass is 260 g/mol. The van der Waals surface area contributed by atoms with Gasteiger partial charge in [0.15, 0.2) is 0 Å². The molecule has 100 valence electrons. The molecule has 0 aromatic rings. The van der Waals surface area contributed by atoms with Gasteiger partial charge in [-0.2, -0.15) is 0 Å². The number of sulfone groups is 1. The molecule has 0 heterocycles. The summed E-state index contributed by atoms with van der Waals surface area (Å²) >= 11 is 0. The van der Waals surface area contributed by atoms with Gasteiger partial charge in [-0.25, -0.2) is 8.42 Å². The Bertz CT molecular complexity index is 368. The van der Waals surface area contributed by atoms with E-state index in [0.717, 1.165) is 19.3 Å². The van der Waals surface area contributed by atoms with Gasteiger partial charge in [0.1, 0.15) is 15.6 Å². The second kappa shape index (κ2) is 5.51. The lowest BCUT2D eigenvalue weighted by Gasteiger charge is -2.37. The quantitative estimate of drug-likeness (QED) is 0.763. The topological polar surface area (TPSA) is 51.2 Å².